The molecule has 0 fully saturated rings. The largest absolute Gasteiger partial charge is 0.488 e. The molecule has 0 spiro atoms. The van der Waals surface area contributed by atoms with Crippen molar-refractivity contribution in [2.45, 2.75) is 30.9 Å². The molecule has 1 amide bonds. The van der Waals surface area contributed by atoms with E-state index < -0.39 is 26.9 Å². The Hall–Kier alpha value is -5.39. The number of hydrogen-bond acceptors (Lipinski definition) is 7. The van der Waals surface area contributed by atoms with E-state index in [0.717, 1.165) is 21.9 Å². The topological polar surface area (TPSA) is 140 Å². The number of benzene rings is 5. The third-order valence-corrected chi connectivity index (χ3v) is 8.56. The Bertz CT molecular complexity index is 1950. The predicted octanol–water partition coefficient (Wildman–Crippen LogP) is 6.20. The Morgan fingerprint density at radius 1 is 0.911 bits per heavy atom. The van der Waals surface area contributed by atoms with E-state index in [9.17, 15) is 23.3 Å². The zero-order valence-electron chi connectivity index (χ0n) is 24.3. The van der Waals surface area contributed by atoms with Crippen LogP contribution in [0.1, 0.15) is 34.7 Å². The summed E-state index contributed by atoms with van der Waals surface area (Å²) in [5, 5.41) is 16.9. The van der Waals surface area contributed by atoms with Gasteiger partial charge in [-0.1, -0.05) is 78.4 Å². The minimum Gasteiger partial charge on any atom is -0.488 e. The van der Waals surface area contributed by atoms with Crippen LogP contribution in [0, 0.1) is 17.0 Å². The van der Waals surface area contributed by atoms with Crippen LogP contribution in [0.15, 0.2) is 125 Å². The van der Waals surface area contributed by atoms with E-state index in [2.05, 4.69) is 15.2 Å². The molecule has 0 unspecified atom stereocenters. The second kappa shape index (κ2) is 13.9. The lowest BCUT2D eigenvalue weighted by Gasteiger charge is -2.18. The van der Waals surface area contributed by atoms with Gasteiger partial charge in [0.1, 0.15) is 12.4 Å². The zero-order valence-corrected chi connectivity index (χ0v) is 25.1. The summed E-state index contributed by atoms with van der Waals surface area (Å²) in [6.07, 6.45) is 1.28. The van der Waals surface area contributed by atoms with Gasteiger partial charge in [-0.05, 0) is 59.2 Å². The molecule has 0 saturated carbocycles. The van der Waals surface area contributed by atoms with Crippen molar-refractivity contribution >= 4 is 38.6 Å². The molecule has 5 rings (SSSR count). The molecule has 0 aromatic heterocycles. The van der Waals surface area contributed by atoms with Crippen LogP contribution >= 0.6 is 0 Å². The number of hydrogen-bond donors (Lipinski definition) is 2. The standard InChI is InChI=1S/C34H30N4O6S/c1-24-11-18-29(19-12-24)45(42,43)37-32(27-8-3-2-4-9-27)21-34(39)36-35-22-31-30-10-6-5-7-26(30)15-20-33(31)44-23-25-13-16-28(17-14-25)38(40)41/h2-20,22,32,37H,21,23H2,1H3,(H,36,39)/b35-22-/t32-/m1/s1. The number of ether oxygens (including phenoxy) is 1. The highest BCUT2D eigenvalue weighted by molar-refractivity contribution is 7.89. The molecule has 2 N–H and O–H groups in total. The Morgan fingerprint density at radius 3 is 2.31 bits per heavy atom. The molecule has 0 radical (unpaired) electrons. The number of hydrazone groups is 1. The molecule has 0 saturated heterocycles. The maximum atomic E-state index is 13.2. The van der Waals surface area contributed by atoms with Gasteiger partial charge in [0.25, 0.3) is 5.69 Å². The van der Waals surface area contributed by atoms with E-state index in [4.69, 9.17) is 4.74 Å². The Kier molecular flexibility index (Phi) is 9.61. The van der Waals surface area contributed by atoms with Crippen molar-refractivity contribution in [3.63, 3.8) is 0 Å². The summed E-state index contributed by atoms with van der Waals surface area (Å²) in [5.74, 6) is -0.00151. The van der Waals surface area contributed by atoms with Crippen molar-refractivity contribution in [3.05, 3.63) is 148 Å². The van der Waals surface area contributed by atoms with E-state index in [1.165, 1.54) is 30.5 Å². The summed E-state index contributed by atoms with van der Waals surface area (Å²) in [6, 6.07) is 31.9. The molecule has 0 aliphatic rings. The number of sulfonamides is 1. The fraction of sp³-hybridized carbons (Fsp3) is 0.118. The van der Waals surface area contributed by atoms with Crippen LogP contribution < -0.4 is 14.9 Å². The number of fused-ring (bicyclic) bond motifs is 1. The van der Waals surface area contributed by atoms with Crippen LogP contribution in [0.25, 0.3) is 10.8 Å². The monoisotopic (exact) mass is 622 g/mol. The third kappa shape index (κ3) is 7.96. The lowest BCUT2D eigenvalue weighted by atomic mass is 10.0. The van der Waals surface area contributed by atoms with Crippen molar-refractivity contribution < 1.29 is 22.9 Å². The molecular formula is C34H30N4O6S. The quantitative estimate of drug-likeness (QED) is 0.0965. The second-order valence-corrected chi connectivity index (χ2v) is 12.0. The lowest BCUT2D eigenvalue weighted by Crippen LogP contribution is -2.32. The Morgan fingerprint density at radius 2 is 1.60 bits per heavy atom. The molecule has 0 aliphatic carbocycles. The number of carbonyl (C=O) groups is 1. The number of nitrogens with zero attached hydrogens (tertiary/aromatic N) is 2. The van der Waals surface area contributed by atoms with Gasteiger partial charge in [0.2, 0.25) is 15.9 Å². The first-order chi connectivity index (χ1) is 21.7. The maximum absolute atomic E-state index is 13.2. The zero-order chi connectivity index (χ0) is 31.8. The molecule has 0 bridgehead atoms. The minimum atomic E-state index is -3.92. The normalized spacial score (nSPS) is 12.2. The van der Waals surface area contributed by atoms with E-state index in [1.807, 2.05) is 43.3 Å². The van der Waals surface area contributed by atoms with E-state index >= 15 is 0 Å². The summed E-state index contributed by atoms with van der Waals surface area (Å²) in [5.41, 5.74) is 5.43. The summed E-state index contributed by atoms with van der Waals surface area (Å²) in [4.78, 5) is 23.7. The molecule has 11 heteroatoms. The summed E-state index contributed by atoms with van der Waals surface area (Å²) in [7, 11) is -3.92. The second-order valence-electron chi connectivity index (χ2n) is 10.3. The van der Waals surface area contributed by atoms with Gasteiger partial charge >= 0.3 is 0 Å². The molecule has 228 valence electrons. The van der Waals surface area contributed by atoms with Gasteiger partial charge in [-0.2, -0.15) is 5.10 Å². The average molecular weight is 623 g/mol. The number of non-ortho nitro benzene ring substituents is 1. The molecule has 0 heterocycles. The van der Waals surface area contributed by atoms with Crippen LogP contribution in [-0.2, 0) is 21.4 Å². The van der Waals surface area contributed by atoms with E-state index in [1.54, 1.807) is 54.6 Å². The lowest BCUT2D eigenvalue weighted by molar-refractivity contribution is -0.384. The van der Waals surface area contributed by atoms with Crippen LogP contribution in [0.4, 0.5) is 5.69 Å². The number of nitrogens with one attached hydrogen (secondary N) is 2. The van der Waals surface area contributed by atoms with Gasteiger partial charge in [0.15, 0.2) is 0 Å². The first kappa shape index (κ1) is 31.0. The van der Waals surface area contributed by atoms with Gasteiger partial charge in [-0.3, -0.25) is 14.9 Å². The summed E-state index contributed by atoms with van der Waals surface area (Å²) >= 11 is 0. The molecule has 1 atom stereocenters. The number of rotatable bonds is 12. The molecule has 5 aromatic carbocycles. The smallest absolute Gasteiger partial charge is 0.269 e. The molecule has 5 aromatic rings. The van der Waals surface area contributed by atoms with Gasteiger partial charge in [-0.15, -0.1) is 0 Å². The highest BCUT2D eigenvalue weighted by Crippen LogP contribution is 2.28. The molecule has 10 nitrogen and oxygen atoms in total. The number of aryl methyl sites for hydroxylation is 1. The fourth-order valence-corrected chi connectivity index (χ4v) is 5.92. The highest BCUT2D eigenvalue weighted by atomic mass is 32.2. The number of amides is 1. The van der Waals surface area contributed by atoms with Crippen LogP contribution in [0.5, 0.6) is 5.75 Å². The fourth-order valence-electron chi connectivity index (χ4n) is 4.70. The highest BCUT2D eigenvalue weighted by Gasteiger charge is 2.24. The van der Waals surface area contributed by atoms with E-state index in [-0.39, 0.29) is 23.6 Å². The van der Waals surface area contributed by atoms with Crippen LogP contribution in [-0.4, -0.2) is 25.5 Å². The number of carbonyl (C=O) groups excluding carboxylic acids is 1. The third-order valence-electron chi connectivity index (χ3n) is 7.08. The molecule has 0 aliphatic heterocycles. The number of nitro benzene ring substituents is 1. The first-order valence-corrected chi connectivity index (χ1v) is 15.5. The van der Waals surface area contributed by atoms with Crippen molar-refractivity contribution in [3.8, 4) is 5.75 Å². The van der Waals surface area contributed by atoms with Crippen molar-refractivity contribution in [1.29, 1.82) is 0 Å². The van der Waals surface area contributed by atoms with Crippen molar-refractivity contribution in [2.75, 3.05) is 0 Å². The van der Waals surface area contributed by atoms with Crippen LogP contribution in [0.3, 0.4) is 0 Å². The van der Waals surface area contributed by atoms with Crippen molar-refractivity contribution in [2.24, 2.45) is 5.10 Å². The molecular weight excluding hydrogens is 592 g/mol. The Labute approximate surface area is 260 Å². The SMILES string of the molecule is Cc1ccc(S(=O)(=O)N[C@H](CC(=O)N/N=C\c2c(OCc3ccc([N+](=O)[O-])cc3)ccc3ccccc23)c2ccccc2)cc1. The number of nitro groups is 1. The van der Waals surface area contributed by atoms with Gasteiger partial charge in [-0.25, -0.2) is 18.6 Å². The van der Waals surface area contributed by atoms with Crippen molar-refractivity contribution in [1.82, 2.24) is 10.1 Å². The van der Waals surface area contributed by atoms with E-state index in [0.29, 0.717) is 16.9 Å². The summed E-state index contributed by atoms with van der Waals surface area (Å²) in [6.45, 7) is 2.02. The summed E-state index contributed by atoms with van der Waals surface area (Å²) < 4.78 is 35.1. The van der Waals surface area contributed by atoms with Gasteiger partial charge in [0, 0.05) is 24.1 Å². The first-order valence-electron chi connectivity index (χ1n) is 14.0. The molecule has 45 heavy (non-hydrogen) atoms. The van der Waals surface area contributed by atoms with Gasteiger partial charge in [0.05, 0.1) is 22.1 Å². The average Bonchev–Trinajstić information content (AvgIpc) is 3.04. The maximum Gasteiger partial charge on any atom is 0.269 e. The predicted molar refractivity (Wildman–Crippen MR) is 172 cm³/mol. The minimum absolute atomic E-state index is 0.00882. The van der Waals surface area contributed by atoms with Crippen LogP contribution in [0.2, 0.25) is 0 Å². The Balaban J connectivity index is 1.33. The van der Waals surface area contributed by atoms with Gasteiger partial charge < -0.3 is 4.74 Å².